The first-order chi connectivity index (χ1) is 6.70. The van der Waals surface area contributed by atoms with Gasteiger partial charge in [-0.3, -0.25) is 9.69 Å². The van der Waals surface area contributed by atoms with E-state index in [0.29, 0.717) is 26.1 Å². The van der Waals surface area contributed by atoms with Gasteiger partial charge in [0.25, 0.3) is 0 Å². The number of hydrogen-bond acceptors (Lipinski definition) is 3. The van der Waals surface area contributed by atoms with Crippen molar-refractivity contribution in [2.24, 2.45) is 0 Å². The van der Waals surface area contributed by atoms with Crippen molar-refractivity contribution in [3.63, 3.8) is 0 Å². The fourth-order valence-corrected chi connectivity index (χ4v) is 1.09. The summed E-state index contributed by atoms with van der Waals surface area (Å²) in [4.78, 5) is 12.3. The fraction of sp³-hybridized carbons (Fsp3) is 0.700. The Labute approximate surface area is 84.9 Å². The van der Waals surface area contributed by atoms with Crippen molar-refractivity contribution in [3.8, 4) is 12.3 Å². The second kappa shape index (κ2) is 8.54. The number of aliphatic carboxylic acids is 1. The minimum atomic E-state index is -0.818. The molecule has 0 saturated carbocycles. The van der Waals surface area contributed by atoms with Crippen molar-refractivity contribution in [2.75, 3.05) is 33.4 Å². The monoisotopic (exact) mass is 199 g/mol. The lowest BCUT2D eigenvalue weighted by molar-refractivity contribution is -0.138. The molecular formula is C10H17NO3. The van der Waals surface area contributed by atoms with Gasteiger partial charge >= 0.3 is 5.97 Å². The van der Waals surface area contributed by atoms with Crippen LogP contribution in [0.1, 0.15) is 12.8 Å². The van der Waals surface area contributed by atoms with E-state index in [-0.39, 0.29) is 6.54 Å². The molecule has 4 heteroatoms. The van der Waals surface area contributed by atoms with Crippen LogP contribution >= 0.6 is 0 Å². The molecule has 14 heavy (non-hydrogen) atoms. The van der Waals surface area contributed by atoms with Crippen LogP contribution in [0, 0.1) is 12.3 Å². The maximum absolute atomic E-state index is 10.5. The van der Waals surface area contributed by atoms with E-state index in [4.69, 9.17) is 16.3 Å². The summed E-state index contributed by atoms with van der Waals surface area (Å²) in [5, 5.41) is 8.62. The molecule has 0 aliphatic carbocycles. The van der Waals surface area contributed by atoms with Gasteiger partial charge in [-0.2, -0.15) is 0 Å². The molecule has 80 valence electrons. The number of rotatable bonds is 8. The Morgan fingerprint density at radius 2 is 2.29 bits per heavy atom. The van der Waals surface area contributed by atoms with Gasteiger partial charge in [-0.05, 0) is 13.0 Å². The van der Waals surface area contributed by atoms with Gasteiger partial charge in [-0.25, -0.2) is 0 Å². The van der Waals surface area contributed by atoms with Gasteiger partial charge in [0.1, 0.15) is 0 Å². The van der Waals surface area contributed by atoms with E-state index in [1.165, 1.54) is 0 Å². The largest absolute Gasteiger partial charge is 0.480 e. The molecule has 0 aromatic heterocycles. The summed E-state index contributed by atoms with van der Waals surface area (Å²) in [6, 6.07) is 0. The third-order valence-electron chi connectivity index (χ3n) is 1.77. The first-order valence-electron chi connectivity index (χ1n) is 4.57. The molecule has 4 nitrogen and oxygen atoms in total. The average Bonchev–Trinajstić information content (AvgIpc) is 2.13. The van der Waals surface area contributed by atoms with E-state index in [1.54, 1.807) is 7.11 Å². The Hall–Kier alpha value is -1.05. The van der Waals surface area contributed by atoms with E-state index < -0.39 is 5.97 Å². The normalized spacial score (nSPS) is 10.1. The number of unbranched alkanes of at least 4 members (excludes halogenated alkanes) is 1. The smallest absolute Gasteiger partial charge is 0.317 e. The molecule has 0 saturated heterocycles. The molecule has 0 aliphatic rings. The number of nitrogens with zero attached hydrogens (tertiary/aromatic N) is 1. The number of methoxy groups -OCH3 is 1. The Bertz CT molecular complexity index is 198. The molecule has 0 heterocycles. The predicted molar refractivity (Wildman–Crippen MR) is 54.0 cm³/mol. The van der Waals surface area contributed by atoms with Crippen LogP contribution in [0.3, 0.4) is 0 Å². The van der Waals surface area contributed by atoms with Crippen LogP contribution in [0.25, 0.3) is 0 Å². The first kappa shape index (κ1) is 12.9. The lowest BCUT2D eigenvalue weighted by Crippen LogP contribution is -2.33. The maximum Gasteiger partial charge on any atom is 0.317 e. The molecule has 1 N–H and O–H groups in total. The van der Waals surface area contributed by atoms with Crippen LogP contribution in [0.2, 0.25) is 0 Å². The first-order valence-corrected chi connectivity index (χ1v) is 4.57. The Kier molecular flexibility index (Phi) is 7.90. The van der Waals surface area contributed by atoms with E-state index in [9.17, 15) is 4.79 Å². The third-order valence-corrected chi connectivity index (χ3v) is 1.77. The molecule has 0 aromatic carbocycles. The van der Waals surface area contributed by atoms with Gasteiger partial charge < -0.3 is 9.84 Å². The number of carbonyl (C=O) groups is 1. The van der Waals surface area contributed by atoms with Crippen LogP contribution in [0.5, 0.6) is 0 Å². The van der Waals surface area contributed by atoms with E-state index in [2.05, 4.69) is 5.92 Å². The lowest BCUT2D eigenvalue weighted by Gasteiger charge is -2.18. The SMILES string of the molecule is C#CCCCN(CCOC)CC(=O)O. The van der Waals surface area contributed by atoms with Crippen LogP contribution in [-0.2, 0) is 9.53 Å². The molecule has 0 rings (SSSR count). The Morgan fingerprint density at radius 1 is 1.57 bits per heavy atom. The minimum absolute atomic E-state index is 0.0495. The predicted octanol–water partition coefficient (Wildman–Crippen LogP) is 0.433. The number of carboxylic acids is 1. The molecule has 0 aliphatic heterocycles. The molecule has 0 radical (unpaired) electrons. The highest BCUT2D eigenvalue weighted by atomic mass is 16.5. The minimum Gasteiger partial charge on any atom is -0.480 e. The van der Waals surface area contributed by atoms with Crippen molar-refractivity contribution in [1.82, 2.24) is 4.90 Å². The number of terminal acetylenes is 1. The van der Waals surface area contributed by atoms with Crippen molar-refractivity contribution < 1.29 is 14.6 Å². The van der Waals surface area contributed by atoms with Crippen LogP contribution < -0.4 is 0 Å². The zero-order chi connectivity index (χ0) is 10.8. The second-order valence-corrected chi connectivity index (χ2v) is 2.97. The zero-order valence-corrected chi connectivity index (χ0v) is 8.53. The molecule has 0 unspecified atom stereocenters. The number of carboxylic acid groups (broad SMARTS) is 1. The Balaban J connectivity index is 3.73. The van der Waals surface area contributed by atoms with E-state index in [1.807, 2.05) is 4.90 Å². The van der Waals surface area contributed by atoms with Gasteiger partial charge in [0, 0.05) is 20.1 Å². The highest BCUT2D eigenvalue weighted by Gasteiger charge is 2.08. The van der Waals surface area contributed by atoms with Crippen LogP contribution in [0.15, 0.2) is 0 Å². The molecule has 0 atom stereocenters. The molecule has 0 spiro atoms. The van der Waals surface area contributed by atoms with Crippen molar-refractivity contribution in [1.29, 1.82) is 0 Å². The van der Waals surface area contributed by atoms with Crippen molar-refractivity contribution >= 4 is 5.97 Å². The van der Waals surface area contributed by atoms with E-state index in [0.717, 1.165) is 6.42 Å². The summed E-state index contributed by atoms with van der Waals surface area (Å²) >= 11 is 0. The molecule has 0 amide bonds. The topological polar surface area (TPSA) is 49.8 Å². The molecular weight excluding hydrogens is 182 g/mol. The summed E-state index contributed by atoms with van der Waals surface area (Å²) in [6.07, 6.45) is 6.62. The second-order valence-electron chi connectivity index (χ2n) is 2.97. The summed E-state index contributed by atoms with van der Waals surface area (Å²) in [5.74, 6) is 1.71. The third kappa shape index (κ3) is 7.59. The van der Waals surface area contributed by atoms with Gasteiger partial charge in [-0.1, -0.05) is 0 Å². The number of ether oxygens (including phenoxy) is 1. The quantitative estimate of drug-likeness (QED) is 0.455. The molecule has 0 bridgehead atoms. The fourth-order valence-electron chi connectivity index (χ4n) is 1.09. The van der Waals surface area contributed by atoms with Crippen LogP contribution in [0.4, 0.5) is 0 Å². The number of hydrogen-bond donors (Lipinski definition) is 1. The molecule has 0 aromatic rings. The van der Waals surface area contributed by atoms with Gasteiger partial charge in [0.05, 0.1) is 13.2 Å². The standard InChI is InChI=1S/C10H17NO3/c1-3-4-5-6-11(7-8-14-2)9-10(12)13/h1H,4-9H2,2H3,(H,12,13). The summed E-state index contributed by atoms with van der Waals surface area (Å²) in [5.41, 5.74) is 0. The highest BCUT2D eigenvalue weighted by Crippen LogP contribution is 1.94. The Morgan fingerprint density at radius 3 is 2.79 bits per heavy atom. The highest BCUT2D eigenvalue weighted by molar-refractivity contribution is 5.69. The summed E-state index contributed by atoms with van der Waals surface area (Å²) in [6.45, 7) is 1.94. The maximum atomic E-state index is 10.5. The summed E-state index contributed by atoms with van der Waals surface area (Å²) < 4.78 is 4.89. The van der Waals surface area contributed by atoms with Gasteiger partial charge in [-0.15, -0.1) is 12.3 Å². The van der Waals surface area contributed by atoms with Gasteiger partial charge in [0.15, 0.2) is 0 Å². The van der Waals surface area contributed by atoms with Crippen molar-refractivity contribution in [3.05, 3.63) is 0 Å². The van der Waals surface area contributed by atoms with E-state index >= 15 is 0 Å². The summed E-state index contributed by atoms with van der Waals surface area (Å²) in [7, 11) is 1.60. The lowest BCUT2D eigenvalue weighted by atomic mass is 10.3. The van der Waals surface area contributed by atoms with Crippen molar-refractivity contribution in [2.45, 2.75) is 12.8 Å². The zero-order valence-electron chi connectivity index (χ0n) is 8.53. The average molecular weight is 199 g/mol. The molecule has 0 fully saturated rings. The van der Waals surface area contributed by atoms with Gasteiger partial charge in [0.2, 0.25) is 0 Å². The van der Waals surface area contributed by atoms with Crippen LogP contribution in [-0.4, -0.2) is 49.3 Å².